The Bertz CT molecular complexity index is 1410. The highest BCUT2D eigenvalue weighted by Crippen LogP contribution is 2.30. The molecular formula is C25H26N4O5S. The molecule has 2 aromatic carbocycles. The Labute approximate surface area is 204 Å². The summed E-state index contributed by atoms with van der Waals surface area (Å²) in [4.78, 5) is 13.5. The van der Waals surface area contributed by atoms with Crippen LogP contribution in [0.3, 0.4) is 0 Å². The van der Waals surface area contributed by atoms with Gasteiger partial charge in [0, 0.05) is 19.2 Å². The molecule has 0 fully saturated rings. The third kappa shape index (κ3) is 4.84. The van der Waals surface area contributed by atoms with E-state index in [2.05, 4.69) is 10.4 Å². The molecule has 10 heteroatoms. The second-order valence-electron chi connectivity index (χ2n) is 7.55. The predicted molar refractivity (Wildman–Crippen MR) is 132 cm³/mol. The van der Waals surface area contributed by atoms with Gasteiger partial charge in [0.1, 0.15) is 17.1 Å². The first-order valence-electron chi connectivity index (χ1n) is 11.1. The van der Waals surface area contributed by atoms with Gasteiger partial charge in [0.05, 0.1) is 29.6 Å². The average molecular weight is 495 g/mol. The van der Waals surface area contributed by atoms with Crippen LogP contribution in [0.4, 0.5) is 5.69 Å². The topological polar surface area (TPSA) is 107 Å². The highest BCUT2D eigenvalue weighted by molar-refractivity contribution is 7.89. The number of rotatable bonds is 9. The number of furan rings is 1. The van der Waals surface area contributed by atoms with Gasteiger partial charge in [-0.25, -0.2) is 13.1 Å². The Morgan fingerprint density at radius 1 is 1.06 bits per heavy atom. The number of amides is 1. The normalized spacial score (nSPS) is 11.5. The molecule has 0 saturated carbocycles. The lowest BCUT2D eigenvalue weighted by molar-refractivity contribution is 0.101. The third-order valence-corrected chi connectivity index (χ3v) is 7.52. The standard InChI is InChI=1S/C25H26N4O5S/c1-4-28(5-2)35(31,32)19-13-14-23(33-3)20(16-19)26-25(30)22-17-21(24-12-9-15-34-24)27-29(22)18-10-7-6-8-11-18/h6-17H,4-5H2,1-3H3,(H,26,30). The minimum atomic E-state index is -3.73. The highest BCUT2D eigenvalue weighted by atomic mass is 32.2. The molecule has 0 aliphatic carbocycles. The van der Waals surface area contributed by atoms with Crippen molar-refractivity contribution < 1.29 is 22.4 Å². The second kappa shape index (κ2) is 10.2. The molecule has 4 rings (SSSR count). The number of sulfonamides is 1. The molecule has 1 N–H and O–H groups in total. The molecule has 0 radical (unpaired) electrons. The quantitative estimate of drug-likeness (QED) is 0.369. The molecule has 2 aromatic heterocycles. The first-order chi connectivity index (χ1) is 16.9. The number of carbonyl (C=O) groups is 1. The summed E-state index contributed by atoms with van der Waals surface area (Å²) in [5.41, 5.74) is 1.63. The number of nitrogens with zero attached hydrogens (tertiary/aromatic N) is 3. The largest absolute Gasteiger partial charge is 0.495 e. The van der Waals surface area contributed by atoms with Gasteiger partial charge in [-0.15, -0.1) is 0 Å². The summed E-state index contributed by atoms with van der Waals surface area (Å²) in [5, 5.41) is 7.35. The van der Waals surface area contributed by atoms with Gasteiger partial charge < -0.3 is 14.5 Å². The molecule has 35 heavy (non-hydrogen) atoms. The van der Waals surface area contributed by atoms with Crippen molar-refractivity contribution in [3.8, 4) is 22.9 Å². The van der Waals surface area contributed by atoms with Crippen molar-refractivity contribution >= 4 is 21.6 Å². The van der Waals surface area contributed by atoms with Crippen LogP contribution in [-0.2, 0) is 10.0 Å². The number of anilines is 1. The van der Waals surface area contributed by atoms with Crippen LogP contribution < -0.4 is 10.1 Å². The maximum Gasteiger partial charge on any atom is 0.274 e. The Morgan fingerprint density at radius 3 is 2.43 bits per heavy atom. The fourth-order valence-electron chi connectivity index (χ4n) is 3.70. The summed E-state index contributed by atoms with van der Waals surface area (Å²) >= 11 is 0. The third-order valence-electron chi connectivity index (χ3n) is 5.48. The maximum atomic E-state index is 13.4. The highest BCUT2D eigenvalue weighted by Gasteiger charge is 2.25. The van der Waals surface area contributed by atoms with E-state index in [4.69, 9.17) is 9.15 Å². The van der Waals surface area contributed by atoms with Crippen LogP contribution in [0, 0.1) is 0 Å². The van der Waals surface area contributed by atoms with E-state index in [0.717, 1.165) is 0 Å². The van der Waals surface area contributed by atoms with Crippen molar-refractivity contribution in [1.82, 2.24) is 14.1 Å². The Hall–Kier alpha value is -3.89. The molecule has 0 saturated heterocycles. The van der Waals surface area contributed by atoms with E-state index in [0.29, 0.717) is 36.0 Å². The zero-order valence-corrected chi connectivity index (χ0v) is 20.5. The number of methoxy groups -OCH3 is 1. The van der Waals surface area contributed by atoms with Gasteiger partial charge in [0.15, 0.2) is 5.76 Å². The van der Waals surface area contributed by atoms with Crippen molar-refractivity contribution in [3.05, 3.63) is 78.7 Å². The monoisotopic (exact) mass is 494 g/mol. The summed E-state index contributed by atoms with van der Waals surface area (Å²) in [5.74, 6) is 0.349. The summed E-state index contributed by atoms with van der Waals surface area (Å²) in [6.07, 6.45) is 1.53. The molecule has 0 aliphatic heterocycles. The van der Waals surface area contributed by atoms with Gasteiger partial charge in [-0.1, -0.05) is 32.0 Å². The van der Waals surface area contributed by atoms with Crippen LogP contribution in [0.25, 0.3) is 17.1 Å². The van der Waals surface area contributed by atoms with Gasteiger partial charge in [0.25, 0.3) is 5.91 Å². The molecule has 2 heterocycles. The first-order valence-corrected chi connectivity index (χ1v) is 12.5. The SMILES string of the molecule is CCN(CC)S(=O)(=O)c1ccc(OC)c(NC(=O)c2cc(-c3ccco3)nn2-c2ccccc2)c1. The number of hydrogen-bond donors (Lipinski definition) is 1. The van der Waals surface area contributed by atoms with Crippen LogP contribution >= 0.6 is 0 Å². The van der Waals surface area contributed by atoms with E-state index in [1.54, 1.807) is 32.0 Å². The van der Waals surface area contributed by atoms with E-state index in [1.165, 1.54) is 40.6 Å². The van der Waals surface area contributed by atoms with E-state index < -0.39 is 15.9 Å². The fraction of sp³-hybridized carbons (Fsp3) is 0.200. The van der Waals surface area contributed by atoms with E-state index in [9.17, 15) is 13.2 Å². The smallest absolute Gasteiger partial charge is 0.274 e. The van der Waals surface area contributed by atoms with Crippen LogP contribution in [0.1, 0.15) is 24.3 Å². The number of ether oxygens (including phenoxy) is 1. The Morgan fingerprint density at radius 2 is 1.80 bits per heavy atom. The lowest BCUT2D eigenvalue weighted by atomic mass is 10.2. The number of carbonyl (C=O) groups excluding carboxylic acids is 1. The summed E-state index contributed by atoms with van der Waals surface area (Å²) in [6, 6.07) is 18.7. The molecule has 0 aliphatic rings. The Balaban J connectivity index is 1.75. The Kier molecular flexibility index (Phi) is 7.04. The predicted octanol–water partition coefficient (Wildman–Crippen LogP) is 4.42. The number of nitrogens with one attached hydrogen (secondary N) is 1. The zero-order valence-electron chi connectivity index (χ0n) is 19.6. The minimum Gasteiger partial charge on any atom is -0.495 e. The van der Waals surface area contributed by atoms with Gasteiger partial charge in [-0.05, 0) is 42.5 Å². The van der Waals surface area contributed by atoms with Gasteiger partial charge in [0.2, 0.25) is 10.0 Å². The van der Waals surface area contributed by atoms with Crippen molar-refractivity contribution in [2.75, 3.05) is 25.5 Å². The maximum absolute atomic E-state index is 13.4. The van der Waals surface area contributed by atoms with Crippen LogP contribution in [0.15, 0.2) is 82.3 Å². The van der Waals surface area contributed by atoms with E-state index in [1.807, 2.05) is 30.3 Å². The lowest BCUT2D eigenvalue weighted by Gasteiger charge is -2.19. The average Bonchev–Trinajstić information content (AvgIpc) is 3.55. The molecule has 0 bridgehead atoms. The van der Waals surface area contributed by atoms with Gasteiger partial charge in [-0.3, -0.25) is 4.79 Å². The molecule has 4 aromatic rings. The number of benzene rings is 2. The lowest BCUT2D eigenvalue weighted by Crippen LogP contribution is -2.30. The van der Waals surface area contributed by atoms with Crippen LogP contribution in [0.2, 0.25) is 0 Å². The minimum absolute atomic E-state index is 0.0603. The van der Waals surface area contributed by atoms with Crippen molar-refractivity contribution in [2.45, 2.75) is 18.7 Å². The van der Waals surface area contributed by atoms with E-state index >= 15 is 0 Å². The van der Waals surface area contributed by atoms with Gasteiger partial charge in [-0.2, -0.15) is 9.40 Å². The van der Waals surface area contributed by atoms with Crippen molar-refractivity contribution in [3.63, 3.8) is 0 Å². The molecular weight excluding hydrogens is 468 g/mol. The number of hydrogen-bond acceptors (Lipinski definition) is 6. The van der Waals surface area contributed by atoms with Crippen LogP contribution in [0.5, 0.6) is 5.75 Å². The summed E-state index contributed by atoms with van der Waals surface area (Å²) in [6.45, 7) is 4.21. The number of aromatic nitrogens is 2. The summed E-state index contributed by atoms with van der Waals surface area (Å²) in [7, 11) is -2.28. The molecule has 0 atom stereocenters. The molecule has 9 nitrogen and oxygen atoms in total. The first kappa shape index (κ1) is 24.2. The zero-order chi connectivity index (χ0) is 25.0. The summed E-state index contributed by atoms with van der Waals surface area (Å²) < 4.78 is 39.7. The van der Waals surface area contributed by atoms with Crippen molar-refractivity contribution in [2.24, 2.45) is 0 Å². The fourth-order valence-corrected chi connectivity index (χ4v) is 5.18. The van der Waals surface area contributed by atoms with Crippen molar-refractivity contribution in [1.29, 1.82) is 0 Å². The van der Waals surface area contributed by atoms with Crippen LogP contribution in [-0.4, -0.2) is 48.6 Å². The van der Waals surface area contributed by atoms with Gasteiger partial charge >= 0.3 is 0 Å². The molecule has 0 spiro atoms. The molecule has 182 valence electrons. The number of para-hydroxylation sites is 1. The molecule has 0 unspecified atom stereocenters. The van der Waals surface area contributed by atoms with E-state index in [-0.39, 0.29) is 16.3 Å². The second-order valence-corrected chi connectivity index (χ2v) is 9.48. The molecule has 1 amide bonds.